The zero-order chi connectivity index (χ0) is 16.8. The van der Waals surface area contributed by atoms with Crippen molar-refractivity contribution >= 4 is 11.9 Å². The fourth-order valence-electron chi connectivity index (χ4n) is 3.23. The van der Waals surface area contributed by atoms with Crippen molar-refractivity contribution in [1.29, 1.82) is 0 Å². The van der Waals surface area contributed by atoms with Crippen molar-refractivity contribution in [3.63, 3.8) is 0 Å². The fraction of sp³-hybridized carbons (Fsp3) is 0.368. The SMILES string of the molecule is C=CCC(CC=C)C(=O)N1CC(C(=O)O)C(c2ccccc2)C1. The van der Waals surface area contributed by atoms with E-state index in [0.717, 1.165) is 5.56 Å². The van der Waals surface area contributed by atoms with Gasteiger partial charge < -0.3 is 10.0 Å². The molecule has 0 radical (unpaired) electrons. The van der Waals surface area contributed by atoms with Crippen LogP contribution in [0, 0.1) is 11.8 Å². The van der Waals surface area contributed by atoms with Crippen molar-refractivity contribution < 1.29 is 14.7 Å². The van der Waals surface area contributed by atoms with Gasteiger partial charge in [0.15, 0.2) is 0 Å². The van der Waals surface area contributed by atoms with Crippen molar-refractivity contribution in [3.8, 4) is 0 Å². The molecular weight excluding hydrogens is 290 g/mol. The number of benzene rings is 1. The van der Waals surface area contributed by atoms with Crippen LogP contribution in [0.15, 0.2) is 55.6 Å². The zero-order valence-electron chi connectivity index (χ0n) is 13.2. The summed E-state index contributed by atoms with van der Waals surface area (Å²) in [5.41, 5.74) is 0.971. The van der Waals surface area contributed by atoms with Gasteiger partial charge in [-0.3, -0.25) is 9.59 Å². The molecule has 0 aliphatic carbocycles. The van der Waals surface area contributed by atoms with Crippen molar-refractivity contribution in [2.45, 2.75) is 18.8 Å². The summed E-state index contributed by atoms with van der Waals surface area (Å²) in [5.74, 6) is -1.78. The standard InChI is InChI=1S/C19H23NO3/c1-3-8-15(9-4-2)18(21)20-12-16(17(13-20)19(22)23)14-10-6-5-7-11-14/h3-7,10-11,15-17H,1-2,8-9,12-13H2,(H,22,23). The van der Waals surface area contributed by atoms with Crippen LogP contribution in [0.2, 0.25) is 0 Å². The van der Waals surface area contributed by atoms with Gasteiger partial charge in [0, 0.05) is 24.9 Å². The lowest BCUT2D eigenvalue weighted by molar-refractivity contribution is -0.142. The summed E-state index contributed by atoms with van der Waals surface area (Å²) in [6.45, 7) is 8.11. The maximum absolute atomic E-state index is 12.7. The number of carbonyl (C=O) groups is 2. The molecule has 1 aliphatic heterocycles. The lowest BCUT2D eigenvalue weighted by atomic mass is 9.89. The topological polar surface area (TPSA) is 57.6 Å². The Kier molecular flexibility index (Phi) is 5.74. The molecule has 2 atom stereocenters. The number of hydrogen-bond donors (Lipinski definition) is 1. The van der Waals surface area contributed by atoms with Gasteiger partial charge >= 0.3 is 5.97 Å². The summed E-state index contributed by atoms with van der Waals surface area (Å²) < 4.78 is 0. The summed E-state index contributed by atoms with van der Waals surface area (Å²) >= 11 is 0. The predicted octanol–water partition coefficient (Wildman–Crippen LogP) is 3.08. The highest BCUT2D eigenvalue weighted by atomic mass is 16.4. The molecule has 0 spiro atoms. The van der Waals surface area contributed by atoms with Crippen LogP contribution in [0.4, 0.5) is 0 Å². The Morgan fingerprint density at radius 3 is 2.30 bits per heavy atom. The molecule has 2 rings (SSSR count). The van der Waals surface area contributed by atoms with Gasteiger partial charge in [0.1, 0.15) is 0 Å². The second kappa shape index (κ2) is 7.77. The maximum atomic E-state index is 12.7. The van der Waals surface area contributed by atoms with Gasteiger partial charge in [-0.1, -0.05) is 42.5 Å². The van der Waals surface area contributed by atoms with Gasteiger partial charge in [0.25, 0.3) is 0 Å². The average Bonchev–Trinajstić information content (AvgIpc) is 3.00. The number of aliphatic carboxylic acids is 1. The van der Waals surface area contributed by atoms with E-state index in [1.54, 1.807) is 17.1 Å². The van der Waals surface area contributed by atoms with Crippen LogP contribution in [0.1, 0.15) is 24.3 Å². The second-order valence-corrected chi connectivity index (χ2v) is 5.95. The number of hydrogen-bond acceptors (Lipinski definition) is 2. The van der Waals surface area contributed by atoms with E-state index in [1.165, 1.54) is 0 Å². The molecule has 23 heavy (non-hydrogen) atoms. The van der Waals surface area contributed by atoms with Gasteiger partial charge in [-0.2, -0.15) is 0 Å². The van der Waals surface area contributed by atoms with Crippen LogP contribution < -0.4 is 0 Å². The minimum Gasteiger partial charge on any atom is -0.481 e. The first-order valence-electron chi connectivity index (χ1n) is 7.86. The number of likely N-dealkylation sites (tertiary alicyclic amines) is 1. The molecule has 1 aromatic carbocycles. The average molecular weight is 313 g/mol. The van der Waals surface area contributed by atoms with Crippen LogP contribution >= 0.6 is 0 Å². The zero-order valence-corrected chi connectivity index (χ0v) is 13.2. The Morgan fingerprint density at radius 2 is 1.78 bits per heavy atom. The number of rotatable bonds is 7. The molecular formula is C19H23NO3. The second-order valence-electron chi connectivity index (χ2n) is 5.95. The van der Waals surface area contributed by atoms with Crippen LogP contribution in [0.25, 0.3) is 0 Å². The van der Waals surface area contributed by atoms with Crippen molar-refractivity contribution in [3.05, 3.63) is 61.2 Å². The van der Waals surface area contributed by atoms with Crippen LogP contribution in [-0.2, 0) is 9.59 Å². The molecule has 4 nitrogen and oxygen atoms in total. The number of carbonyl (C=O) groups excluding carboxylic acids is 1. The number of allylic oxidation sites excluding steroid dienone is 2. The molecule has 0 bridgehead atoms. The summed E-state index contributed by atoms with van der Waals surface area (Å²) in [5, 5.41) is 9.52. The summed E-state index contributed by atoms with van der Waals surface area (Å²) in [6, 6.07) is 9.56. The van der Waals surface area contributed by atoms with Gasteiger partial charge in [0.05, 0.1) is 5.92 Å². The van der Waals surface area contributed by atoms with E-state index in [4.69, 9.17) is 0 Å². The van der Waals surface area contributed by atoms with E-state index in [1.807, 2.05) is 30.3 Å². The third-order valence-electron chi connectivity index (χ3n) is 4.43. The molecule has 1 aromatic rings. The molecule has 1 heterocycles. The van der Waals surface area contributed by atoms with Gasteiger partial charge in [-0.25, -0.2) is 0 Å². The molecule has 1 amide bonds. The van der Waals surface area contributed by atoms with E-state index >= 15 is 0 Å². The van der Waals surface area contributed by atoms with Crippen LogP contribution in [0.3, 0.4) is 0 Å². The number of nitrogens with zero attached hydrogens (tertiary/aromatic N) is 1. The lowest BCUT2D eigenvalue weighted by Gasteiger charge is -2.22. The van der Waals surface area contributed by atoms with E-state index in [9.17, 15) is 14.7 Å². The number of carboxylic acids is 1. The van der Waals surface area contributed by atoms with Crippen molar-refractivity contribution in [2.24, 2.45) is 11.8 Å². The Labute approximate surface area is 137 Å². The molecule has 2 unspecified atom stereocenters. The summed E-state index contributed by atoms with van der Waals surface area (Å²) in [6.07, 6.45) is 4.61. The first-order valence-corrected chi connectivity index (χ1v) is 7.86. The van der Waals surface area contributed by atoms with E-state index in [0.29, 0.717) is 19.4 Å². The highest BCUT2D eigenvalue weighted by molar-refractivity contribution is 5.81. The Balaban J connectivity index is 2.19. The highest BCUT2D eigenvalue weighted by Gasteiger charge is 2.41. The first kappa shape index (κ1) is 17.0. The molecule has 1 N–H and O–H groups in total. The first-order chi connectivity index (χ1) is 11.1. The number of amides is 1. The summed E-state index contributed by atoms with van der Waals surface area (Å²) in [4.78, 5) is 26.0. The summed E-state index contributed by atoms with van der Waals surface area (Å²) in [7, 11) is 0. The largest absolute Gasteiger partial charge is 0.481 e. The van der Waals surface area contributed by atoms with Crippen molar-refractivity contribution in [1.82, 2.24) is 4.90 Å². The maximum Gasteiger partial charge on any atom is 0.308 e. The van der Waals surface area contributed by atoms with Gasteiger partial charge in [-0.05, 0) is 18.4 Å². The Hall–Kier alpha value is -2.36. The molecule has 1 saturated heterocycles. The third kappa shape index (κ3) is 3.89. The Morgan fingerprint density at radius 1 is 1.17 bits per heavy atom. The molecule has 4 heteroatoms. The van der Waals surface area contributed by atoms with Gasteiger partial charge in [-0.15, -0.1) is 13.2 Å². The van der Waals surface area contributed by atoms with Crippen molar-refractivity contribution in [2.75, 3.05) is 13.1 Å². The minimum atomic E-state index is -0.849. The minimum absolute atomic E-state index is 0.00511. The van der Waals surface area contributed by atoms with E-state index in [-0.39, 0.29) is 24.3 Å². The molecule has 1 fully saturated rings. The highest BCUT2D eigenvalue weighted by Crippen LogP contribution is 2.34. The molecule has 0 aromatic heterocycles. The van der Waals surface area contributed by atoms with E-state index in [2.05, 4.69) is 13.2 Å². The predicted molar refractivity (Wildman–Crippen MR) is 90.0 cm³/mol. The lowest BCUT2D eigenvalue weighted by Crippen LogP contribution is -2.35. The van der Waals surface area contributed by atoms with Crippen LogP contribution in [0.5, 0.6) is 0 Å². The monoisotopic (exact) mass is 313 g/mol. The van der Waals surface area contributed by atoms with Crippen LogP contribution in [-0.4, -0.2) is 35.0 Å². The van der Waals surface area contributed by atoms with E-state index < -0.39 is 11.9 Å². The molecule has 0 saturated carbocycles. The van der Waals surface area contributed by atoms with Gasteiger partial charge in [0.2, 0.25) is 5.91 Å². The molecule has 1 aliphatic rings. The third-order valence-corrected chi connectivity index (χ3v) is 4.43. The normalized spacial score (nSPS) is 20.5. The fourth-order valence-corrected chi connectivity index (χ4v) is 3.23. The smallest absolute Gasteiger partial charge is 0.308 e. The quantitative estimate of drug-likeness (QED) is 0.787. The molecule has 122 valence electrons. The Bertz CT molecular complexity index is 572. The number of carboxylic acid groups (broad SMARTS) is 1.